The average molecular weight is 508 g/mol. The first-order chi connectivity index (χ1) is 16.9. The number of halogens is 1. The van der Waals surface area contributed by atoms with E-state index in [-0.39, 0.29) is 12.1 Å². The molecular formula is C28H34ClN5S. The van der Waals surface area contributed by atoms with E-state index in [9.17, 15) is 0 Å². The van der Waals surface area contributed by atoms with E-state index in [1.165, 1.54) is 29.8 Å². The molecule has 0 spiro atoms. The van der Waals surface area contributed by atoms with Crippen LogP contribution in [0.2, 0.25) is 5.02 Å². The molecule has 35 heavy (non-hydrogen) atoms. The van der Waals surface area contributed by atoms with Gasteiger partial charge in [-0.25, -0.2) is 0 Å². The normalized spacial score (nSPS) is 21.0. The Balaban J connectivity index is 1.56. The molecule has 2 aromatic heterocycles. The smallest absolute Gasteiger partial charge is 0.174 e. The summed E-state index contributed by atoms with van der Waals surface area (Å²) in [6.45, 7) is 11.9. The summed E-state index contributed by atoms with van der Waals surface area (Å²) in [5.74, 6) is 0.781. The lowest BCUT2D eigenvalue weighted by molar-refractivity contribution is 0.438. The molecule has 5 rings (SSSR count). The number of aryl methyl sites for hydroxylation is 1. The molecule has 0 radical (unpaired) electrons. The minimum Gasteiger partial charge on any atom is -0.370 e. The van der Waals surface area contributed by atoms with Crippen LogP contribution in [0.15, 0.2) is 48.7 Å². The van der Waals surface area contributed by atoms with Gasteiger partial charge in [0.25, 0.3) is 0 Å². The number of aromatic nitrogens is 2. The van der Waals surface area contributed by atoms with E-state index in [0.717, 1.165) is 47.6 Å². The third kappa shape index (κ3) is 4.43. The topological polar surface area (TPSA) is 36.3 Å². The van der Waals surface area contributed by atoms with Crippen LogP contribution in [0.1, 0.15) is 61.4 Å². The summed E-state index contributed by atoms with van der Waals surface area (Å²) < 4.78 is 2.36. The van der Waals surface area contributed by atoms with E-state index >= 15 is 0 Å². The van der Waals surface area contributed by atoms with E-state index in [0.29, 0.717) is 5.11 Å². The summed E-state index contributed by atoms with van der Waals surface area (Å²) in [5, 5.41) is 5.05. The molecule has 3 aromatic rings. The zero-order valence-corrected chi connectivity index (χ0v) is 22.5. The highest BCUT2D eigenvalue weighted by atomic mass is 35.5. The molecule has 1 aromatic carbocycles. The van der Waals surface area contributed by atoms with Crippen molar-refractivity contribution in [2.45, 2.75) is 59.2 Å². The first kappa shape index (κ1) is 24.1. The van der Waals surface area contributed by atoms with Gasteiger partial charge in [0.2, 0.25) is 0 Å². The van der Waals surface area contributed by atoms with Crippen LogP contribution in [0.25, 0.3) is 0 Å². The summed E-state index contributed by atoms with van der Waals surface area (Å²) in [6, 6.07) is 14.7. The molecule has 0 bridgehead atoms. The third-order valence-corrected chi connectivity index (χ3v) is 8.30. The Morgan fingerprint density at radius 1 is 1.11 bits per heavy atom. The molecule has 2 fully saturated rings. The number of hydrogen-bond acceptors (Lipinski definition) is 3. The fraction of sp³-hybridized carbons (Fsp3) is 0.429. The number of benzene rings is 1. The molecule has 0 saturated carbocycles. The number of nitrogens with zero attached hydrogens (tertiary/aromatic N) is 4. The van der Waals surface area contributed by atoms with E-state index in [4.69, 9.17) is 23.8 Å². The van der Waals surface area contributed by atoms with Crippen LogP contribution in [-0.2, 0) is 6.54 Å². The molecule has 0 unspecified atom stereocenters. The zero-order chi connectivity index (χ0) is 24.7. The maximum atomic E-state index is 6.91. The molecule has 1 N–H and O–H groups in total. The van der Waals surface area contributed by atoms with Gasteiger partial charge in [0.15, 0.2) is 5.11 Å². The van der Waals surface area contributed by atoms with Crippen molar-refractivity contribution in [3.8, 4) is 0 Å². The van der Waals surface area contributed by atoms with Crippen molar-refractivity contribution in [2.24, 2.45) is 5.92 Å². The maximum absolute atomic E-state index is 6.91. The molecule has 0 aliphatic carbocycles. The van der Waals surface area contributed by atoms with Crippen LogP contribution in [0.5, 0.6) is 0 Å². The van der Waals surface area contributed by atoms with Crippen molar-refractivity contribution < 1.29 is 0 Å². The second kappa shape index (κ2) is 9.82. The lowest BCUT2D eigenvalue weighted by Crippen LogP contribution is -2.33. The fourth-order valence-electron chi connectivity index (χ4n) is 5.71. The number of anilines is 2. The van der Waals surface area contributed by atoms with Gasteiger partial charge in [0.05, 0.1) is 28.5 Å². The average Bonchev–Trinajstić information content (AvgIpc) is 3.35. The fourth-order valence-corrected chi connectivity index (χ4v) is 6.35. The number of pyridine rings is 1. The SMILES string of the molecule is CCn1c(C)cc([C@H]2[C@@H](c3ccccn3)NC(=S)N2c2ccc(N3CCC(C)CC3)c(Cl)c2)c1C. The van der Waals surface area contributed by atoms with Crippen molar-refractivity contribution in [3.05, 3.63) is 76.3 Å². The summed E-state index contributed by atoms with van der Waals surface area (Å²) >= 11 is 12.8. The summed E-state index contributed by atoms with van der Waals surface area (Å²) in [4.78, 5) is 9.33. The van der Waals surface area contributed by atoms with Crippen molar-refractivity contribution in [2.75, 3.05) is 22.9 Å². The van der Waals surface area contributed by atoms with Gasteiger partial charge in [-0.3, -0.25) is 4.98 Å². The molecule has 2 atom stereocenters. The maximum Gasteiger partial charge on any atom is 0.174 e. The first-order valence-electron chi connectivity index (χ1n) is 12.6. The Morgan fingerprint density at radius 2 is 1.89 bits per heavy atom. The van der Waals surface area contributed by atoms with Crippen molar-refractivity contribution in [3.63, 3.8) is 0 Å². The number of nitrogens with one attached hydrogen (secondary N) is 1. The second-order valence-electron chi connectivity index (χ2n) is 9.87. The Bertz CT molecular complexity index is 1220. The van der Waals surface area contributed by atoms with Crippen molar-refractivity contribution in [1.29, 1.82) is 0 Å². The van der Waals surface area contributed by atoms with E-state index < -0.39 is 0 Å². The van der Waals surface area contributed by atoms with E-state index in [2.05, 4.69) is 82.7 Å². The van der Waals surface area contributed by atoms with Gasteiger partial charge in [-0.15, -0.1) is 0 Å². The Morgan fingerprint density at radius 3 is 2.51 bits per heavy atom. The number of piperidine rings is 1. The monoisotopic (exact) mass is 507 g/mol. The summed E-state index contributed by atoms with van der Waals surface area (Å²) in [6.07, 6.45) is 4.26. The summed E-state index contributed by atoms with van der Waals surface area (Å²) in [5.41, 5.74) is 6.88. The number of thiocarbonyl (C=S) groups is 1. The zero-order valence-electron chi connectivity index (χ0n) is 21.0. The van der Waals surface area contributed by atoms with E-state index in [1.54, 1.807) is 0 Å². The molecule has 5 nitrogen and oxygen atoms in total. The van der Waals surface area contributed by atoms with Gasteiger partial charge in [-0.1, -0.05) is 24.6 Å². The first-order valence-corrected chi connectivity index (χ1v) is 13.4. The highest BCUT2D eigenvalue weighted by molar-refractivity contribution is 7.80. The van der Waals surface area contributed by atoms with E-state index in [1.807, 2.05) is 18.3 Å². The molecule has 7 heteroatoms. The van der Waals surface area contributed by atoms with Gasteiger partial charge in [-0.2, -0.15) is 0 Å². The van der Waals surface area contributed by atoms with Gasteiger partial charge >= 0.3 is 0 Å². The Hall–Kier alpha value is -2.57. The number of rotatable bonds is 5. The lowest BCUT2D eigenvalue weighted by Gasteiger charge is -2.33. The minimum absolute atomic E-state index is 0.0262. The predicted molar refractivity (Wildman–Crippen MR) is 150 cm³/mol. The molecule has 2 aliphatic rings. The van der Waals surface area contributed by atoms with Crippen molar-refractivity contribution >= 4 is 40.3 Å². The van der Waals surface area contributed by atoms with Gasteiger partial charge < -0.3 is 19.7 Å². The minimum atomic E-state index is -0.0588. The van der Waals surface area contributed by atoms with Gasteiger partial charge in [0, 0.05) is 42.9 Å². The summed E-state index contributed by atoms with van der Waals surface area (Å²) in [7, 11) is 0. The predicted octanol–water partition coefficient (Wildman–Crippen LogP) is 6.59. The highest BCUT2D eigenvalue weighted by Crippen LogP contribution is 2.44. The quantitative estimate of drug-likeness (QED) is 0.394. The van der Waals surface area contributed by atoms with Crippen LogP contribution >= 0.6 is 23.8 Å². The molecule has 4 heterocycles. The van der Waals surface area contributed by atoms with Crippen LogP contribution in [0.4, 0.5) is 11.4 Å². The largest absolute Gasteiger partial charge is 0.370 e. The molecular weight excluding hydrogens is 474 g/mol. The van der Waals surface area contributed by atoms with Crippen LogP contribution in [0, 0.1) is 19.8 Å². The van der Waals surface area contributed by atoms with Crippen LogP contribution < -0.4 is 15.1 Å². The molecule has 2 saturated heterocycles. The van der Waals surface area contributed by atoms with Crippen LogP contribution in [0.3, 0.4) is 0 Å². The molecule has 2 aliphatic heterocycles. The Kier molecular flexibility index (Phi) is 6.78. The Labute approximate surface area is 219 Å². The second-order valence-corrected chi connectivity index (χ2v) is 10.7. The number of hydrogen-bond donors (Lipinski definition) is 1. The van der Waals surface area contributed by atoms with Gasteiger partial charge in [0.1, 0.15) is 0 Å². The highest BCUT2D eigenvalue weighted by Gasteiger charge is 2.42. The van der Waals surface area contributed by atoms with Crippen LogP contribution in [-0.4, -0.2) is 27.8 Å². The van der Waals surface area contributed by atoms with Crippen molar-refractivity contribution in [1.82, 2.24) is 14.9 Å². The lowest BCUT2D eigenvalue weighted by atomic mass is 9.96. The molecule has 184 valence electrons. The molecule has 0 amide bonds. The standard InChI is InChI=1S/C28H34ClN5S/c1-5-33-19(3)16-22(20(33)4)27-26(24-8-6-7-13-30-24)31-28(35)34(27)21-9-10-25(23(29)17-21)32-14-11-18(2)12-15-32/h6-10,13,16-18,26-27H,5,11-12,14-15H2,1-4H3,(H,31,35)/t26-,27+/m1/s1. The van der Waals surface area contributed by atoms with Gasteiger partial charge in [-0.05, 0) is 93.7 Å². The third-order valence-electron chi connectivity index (χ3n) is 7.68.